The van der Waals surface area contributed by atoms with Gasteiger partial charge in [0, 0.05) is 12.0 Å². The Balaban J connectivity index is 1.34. The Bertz CT molecular complexity index is 1310. The van der Waals surface area contributed by atoms with E-state index >= 15 is 0 Å². The largest absolute Gasteiger partial charge is 0.459 e. The molecule has 2 nitrogen and oxygen atoms in total. The second kappa shape index (κ2) is 8.00. The molecule has 168 valence electrons. The van der Waals surface area contributed by atoms with Crippen molar-refractivity contribution in [2.75, 3.05) is 0 Å². The fraction of sp³-hybridized carbons (Fsp3) is 0.188. The van der Waals surface area contributed by atoms with Crippen LogP contribution in [-0.4, -0.2) is 0 Å². The zero-order chi connectivity index (χ0) is 23.2. The molecule has 0 spiro atoms. The van der Waals surface area contributed by atoms with E-state index in [0.29, 0.717) is 11.7 Å². The van der Waals surface area contributed by atoms with Gasteiger partial charge < -0.3 is 9.47 Å². The van der Waals surface area contributed by atoms with Crippen molar-refractivity contribution in [2.45, 2.75) is 31.2 Å². The van der Waals surface area contributed by atoms with Crippen LogP contribution in [0.1, 0.15) is 30.9 Å². The summed E-state index contributed by atoms with van der Waals surface area (Å²) in [6.07, 6.45) is 1.67. The van der Waals surface area contributed by atoms with Gasteiger partial charge in [-0.3, -0.25) is 0 Å². The van der Waals surface area contributed by atoms with Gasteiger partial charge in [0.25, 0.3) is 0 Å². The Morgan fingerprint density at radius 3 is 1.62 bits per heavy atom. The Morgan fingerprint density at radius 2 is 1.09 bits per heavy atom. The molecule has 2 bridgehead atoms. The van der Waals surface area contributed by atoms with Crippen LogP contribution in [0.4, 0.5) is 0 Å². The minimum Gasteiger partial charge on any atom is -0.459 e. The molecule has 4 aromatic rings. The van der Waals surface area contributed by atoms with Gasteiger partial charge in [0.15, 0.2) is 5.60 Å². The maximum Gasteiger partial charge on any atom is 0.238 e. The zero-order valence-electron chi connectivity index (χ0n) is 19.4. The molecule has 2 fully saturated rings. The average molecular weight is 445 g/mol. The fourth-order valence-corrected chi connectivity index (χ4v) is 5.58. The highest BCUT2D eigenvalue weighted by Gasteiger charge is 2.60. The van der Waals surface area contributed by atoms with Crippen LogP contribution in [0.3, 0.4) is 0 Å². The van der Waals surface area contributed by atoms with Crippen LogP contribution < -0.4 is 0 Å². The molecule has 2 heterocycles. The molecule has 0 aliphatic carbocycles. The minimum absolute atomic E-state index is 0.426. The van der Waals surface area contributed by atoms with Crippen molar-refractivity contribution < 1.29 is 9.47 Å². The van der Waals surface area contributed by atoms with E-state index in [-0.39, 0.29) is 0 Å². The predicted molar refractivity (Wildman–Crippen MR) is 137 cm³/mol. The Morgan fingerprint density at radius 1 is 0.618 bits per heavy atom. The van der Waals surface area contributed by atoms with E-state index in [1.807, 2.05) is 12.1 Å². The predicted octanol–water partition coefficient (Wildman–Crippen LogP) is 8.06. The lowest BCUT2D eigenvalue weighted by Gasteiger charge is -2.40. The lowest BCUT2D eigenvalue weighted by atomic mass is 9.78. The van der Waals surface area contributed by atoms with Crippen molar-refractivity contribution in [3.8, 4) is 22.3 Å². The SMILES string of the molecule is C=C1O[C@@]2(c3ccc(-c4ccccc4)cc3)C[C@H](C)C[C@]1(c1ccc(-c3ccccc3)cc1)O2. The van der Waals surface area contributed by atoms with Crippen molar-refractivity contribution in [1.29, 1.82) is 0 Å². The van der Waals surface area contributed by atoms with Crippen LogP contribution >= 0.6 is 0 Å². The van der Waals surface area contributed by atoms with Crippen LogP contribution in [0.2, 0.25) is 0 Å². The molecule has 0 unspecified atom stereocenters. The molecule has 0 saturated carbocycles. The fourth-order valence-electron chi connectivity index (χ4n) is 5.58. The van der Waals surface area contributed by atoms with Gasteiger partial charge in [-0.25, -0.2) is 0 Å². The van der Waals surface area contributed by atoms with E-state index in [1.54, 1.807) is 0 Å². The van der Waals surface area contributed by atoms with Crippen LogP contribution in [0.15, 0.2) is 122 Å². The molecule has 0 amide bonds. The van der Waals surface area contributed by atoms with Crippen molar-refractivity contribution in [3.05, 3.63) is 133 Å². The zero-order valence-corrected chi connectivity index (χ0v) is 19.4. The Hall–Kier alpha value is -3.62. The van der Waals surface area contributed by atoms with Crippen LogP contribution in [-0.2, 0) is 20.9 Å². The van der Waals surface area contributed by atoms with E-state index in [2.05, 4.69) is 111 Å². The summed E-state index contributed by atoms with van der Waals surface area (Å²) in [4.78, 5) is 0. The number of hydrogen-bond acceptors (Lipinski definition) is 2. The van der Waals surface area contributed by atoms with Crippen molar-refractivity contribution >= 4 is 0 Å². The van der Waals surface area contributed by atoms with E-state index in [0.717, 1.165) is 24.0 Å². The standard InChI is InChI=1S/C32H28O2/c1-23-21-31(29-17-13-27(14-18-29)25-9-5-3-6-10-25)24(2)33-32(22-23,34-31)30-19-15-28(16-20-30)26-11-7-4-8-12-26/h3-20,23H,2,21-22H2,1H3/t23-,31+,32+/m1/s1. The Kier molecular flexibility index (Phi) is 4.93. The molecular formula is C32H28O2. The number of rotatable bonds is 4. The van der Waals surface area contributed by atoms with E-state index < -0.39 is 11.4 Å². The van der Waals surface area contributed by atoms with Gasteiger partial charge in [0.2, 0.25) is 5.79 Å². The average Bonchev–Trinajstić information content (AvgIpc) is 3.11. The summed E-state index contributed by atoms with van der Waals surface area (Å²) < 4.78 is 13.4. The molecule has 2 heteroatoms. The number of hydrogen-bond donors (Lipinski definition) is 0. The van der Waals surface area contributed by atoms with Crippen molar-refractivity contribution in [1.82, 2.24) is 0 Å². The van der Waals surface area contributed by atoms with Gasteiger partial charge in [-0.15, -0.1) is 0 Å². The number of ether oxygens (including phenoxy) is 2. The van der Waals surface area contributed by atoms with Crippen LogP contribution in [0.5, 0.6) is 0 Å². The maximum atomic E-state index is 6.90. The normalized spacial score (nSPS) is 25.7. The third kappa shape index (κ3) is 3.38. The Labute approximate surface area is 201 Å². The van der Waals surface area contributed by atoms with Crippen molar-refractivity contribution in [3.63, 3.8) is 0 Å². The van der Waals surface area contributed by atoms with Gasteiger partial charge in [0.05, 0.1) is 0 Å². The van der Waals surface area contributed by atoms with E-state index in [9.17, 15) is 0 Å². The second-order valence-electron chi connectivity index (χ2n) is 9.61. The second-order valence-corrected chi connectivity index (χ2v) is 9.61. The topological polar surface area (TPSA) is 18.5 Å². The molecule has 0 N–H and O–H groups in total. The van der Waals surface area contributed by atoms with E-state index in [4.69, 9.17) is 9.47 Å². The van der Waals surface area contributed by atoms with Crippen molar-refractivity contribution in [2.24, 2.45) is 5.92 Å². The first kappa shape index (κ1) is 20.9. The summed E-state index contributed by atoms with van der Waals surface area (Å²) in [5.41, 5.74) is 6.30. The summed E-state index contributed by atoms with van der Waals surface area (Å²) in [6, 6.07) is 38.1. The smallest absolute Gasteiger partial charge is 0.238 e. The monoisotopic (exact) mass is 444 g/mol. The number of fused-ring (bicyclic) bond motifs is 2. The molecule has 34 heavy (non-hydrogen) atoms. The summed E-state index contributed by atoms with van der Waals surface area (Å²) in [5.74, 6) is 0.328. The summed E-state index contributed by atoms with van der Waals surface area (Å²) in [7, 11) is 0. The summed E-state index contributed by atoms with van der Waals surface area (Å²) in [5, 5.41) is 0. The molecule has 0 radical (unpaired) electrons. The highest BCUT2D eigenvalue weighted by atomic mass is 16.8. The first-order valence-electron chi connectivity index (χ1n) is 12.0. The van der Waals surface area contributed by atoms with Gasteiger partial charge >= 0.3 is 0 Å². The third-order valence-electron chi connectivity index (χ3n) is 7.22. The highest BCUT2D eigenvalue weighted by Crippen LogP contribution is 2.59. The maximum absolute atomic E-state index is 6.90. The molecule has 6 rings (SSSR count). The summed E-state index contributed by atoms with van der Waals surface area (Å²) in [6.45, 7) is 6.63. The van der Waals surface area contributed by atoms with Gasteiger partial charge in [-0.2, -0.15) is 0 Å². The molecule has 2 aliphatic rings. The quantitative estimate of drug-likeness (QED) is 0.317. The molecule has 2 saturated heterocycles. The molecule has 4 aromatic carbocycles. The first-order chi connectivity index (χ1) is 16.6. The number of benzene rings is 4. The van der Waals surface area contributed by atoms with Crippen LogP contribution in [0.25, 0.3) is 22.3 Å². The molecule has 0 aromatic heterocycles. The van der Waals surface area contributed by atoms with Crippen LogP contribution in [0, 0.1) is 5.92 Å². The lowest BCUT2D eigenvalue weighted by Crippen LogP contribution is -2.41. The molecular weight excluding hydrogens is 416 g/mol. The first-order valence-corrected chi connectivity index (χ1v) is 12.0. The molecule has 2 aliphatic heterocycles. The highest BCUT2D eigenvalue weighted by molar-refractivity contribution is 5.65. The lowest BCUT2D eigenvalue weighted by molar-refractivity contribution is -0.234. The van der Waals surface area contributed by atoms with E-state index in [1.165, 1.54) is 22.3 Å². The van der Waals surface area contributed by atoms with Gasteiger partial charge in [-0.05, 0) is 40.2 Å². The minimum atomic E-state index is -0.804. The van der Waals surface area contributed by atoms with Gasteiger partial charge in [-0.1, -0.05) is 123 Å². The molecule has 3 atom stereocenters. The third-order valence-corrected chi connectivity index (χ3v) is 7.22. The van der Waals surface area contributed by atoms with Gasteiger partial charge in [0.1, 0.15) is 5.76 Å². The summed E-state index contributed by atoms with van der Waals surface area (Å²) >= 11 is 0.